The lowest BCUT2D eigenvalue weighted by molar-refractivity contribution is 1.14. The van der Waals surface area contributed by atoms with Crippen molar-refractivity contribution in [3.63, 3.8) is 0 Å². The first-order chi connectivity index (χ1) is 18.4. The first-order valence-electron chi connectivity index (χ1n) is 12.4. The Balaban J connectivity index is 1.46. The summed E-state index contributed by atoms with van der Waals surface area (Å²) in [4.78, 5) is 12.0. The molecule has 37 heavy (non-hydrogen) atoms. The molecule has 0 fully saturated rings. The Bertz CT molecular complexity index is 1810. The van der Waals surface area contributed by atoms with Gasteiger partial charge in [0.1, 0.15) is 5.82 Å². The van der Waals surface area contributed by atoms with E-state index in [-0.39, 0.29) is 0 Å². The zero-order chi connectivity index (χ0) is 24.3. The molecular formula is C33H21N3S. The summed E-state index contributed by atoms with van der Waals surface area (Å²) in [6.07, 6.45) is 1.87. The summed E-state index contributed by atoms with van der Waals surface area (Å²) in [5.74, 6) is 0.917. The molecule has 1 aromatic heterocycles. The number of para-hydroxylation sites is 2. The number of pyridine rings is 1. The van der Waals surface area contributed by atoms with Crippen molar-refractivity contribution in [2.45, 2.75) is 9.79 Å². The topological polar surface area (TPSA) is 19.4 Å². The lowest BCUT2D eigenvalue weighted by Crippen LogP contribution is -2.19. The van der Waals surface area contributed by atoms with Crippen LogP contribution in [0.1, 0.15) is 0 Å². The minimum absolute atomic E-state index is 0.917. The highest BCUT2D eigenvalue weighted by molar-refractivity contribution is 7.99. The molecule has 8 rings (SSSR count). The summed E-state index contributed by atoms with van der Waals surface area (Å²) in [7, 11) is 0. The molecule has 0 atom stereocenters. The number of fused-ring (bicyclic) bond motifs is 4. The van der Waals surface area contributed by atoms with E-state index in [1.54, 1.807) is 0 Å². The van der Waals surface area contributed by atoms with Gasteiger partial charge in [-0.25, -0.2) is 4.98 Å². The Kier molecular flexibility index (Phi) is 4.45. The Morgan fingerprint density at radius 2 is 1.30 bits per heavy atom. The summed E-state index contributed by atoms with van der Waals surface area (Å²) in [5, 5.41) is 2.51. The maximum absolute atomic E-state index is 4.79. The van der Waals surface area contributed by atoms with Crippen molar-refractivity contribution >= 4 is 56.8 Å². The van der Waals surface area contributed by atoms with Crippen molar-refractivity contribution in [2.75, 3.05) is 9.80 Å². The van der Waals surface area contributed by atoms with Crippen molar-refractivity contribution < 1.29 is 0 Å². The molecule has 0 bridgehead atoms. The fourth-order valence-electron chi connectivity index (χ4n) is 5.64. The van der Waals surface area contributed by atoms with Gasteiger partial charge in [-0.1, -0.05) is 78.5 Å². The van der Waals surface area contributed by atoms with Crippen LogP contribution in [0.15, 0.2) is 137 Å². The van der Waals surface area contributed by atoms with E-state index in [0.717, 1.165) is 22.9 Å². The molecule has 0 N–H and O–H groups in total. The van der Waals surface area contributed by atoms with Crippen LogP contribution in [0.3, 0.4) is 0 Å². The lowest BCUT2D eigenvalue weighted by atomic mass is 9.90. The number of hydrogen-bond acceptors (Lipinski definition) is 4. The molecule has 3 heterocycles. The van der Waals surface area contributed by atoms with E-state index in [1.807, 2.05) is 24.0 Å². The predicted molar refractivity (Wildman–Crippen MR) is 154 cm³/mol. The van der Waals surface area contributed by atoms with Gasteiger partial charge in [-0.05, 0) is 65.5 Å². The molecule has 0 unspecified atom stereocenters. The van der Waals surface area contributed by atoms with Crippen molar-refractivity contribution in [3.8, 4) is 11.1 Å². The third-order valence-electron chi connectivity index (χ3n) is 7.19. The van der Waals surface area contributed by atoms with Gasteiger partial charge in [0.15, 0.2) is 0 Å². The average Bonchev–Trinajstić information content (AvgIpc) is 2.96. The standard InChI is InChI=1S/C33H21N3S/c1-2-12-23(13-3-1)35-26-15-4-5-17-30(26)37-31-20-25-24-14-8-10-22-11-9-16-27(33(22)24)36(28(25)21-29(31)35)32-18-6-7-19-34-32/h1-21H. The van der Waals surface area contributed by atoms with Crippen LogP contribution in [0.5, 0.6) is 0 Å². The summed E-state index contributed by atoms with van der Waals surface area (Å²) in [5.41, 5.74) is 8.34. The minimum atomic E-state index is 0.917. The summed E-state index contributed by atoms with van der Waals surface area (Å²) >= 11 is 1.85. The van der Waals surface area contributed by atoms with Crippen LogP contribution in [0.4, 0.5) is 34.3 Å². The summed E-state index contributed by atoms with van der Waals surface area (Å²) in [6.45, 7) is 0. The van der Waals surface area contributed by atoms with Crippen LogP contribution in [0.2, 0.25) is 0 Å². The van der Waals surface area contributed by atoms with Gasteiger partial charge in [0, 0.05) is 32.6 Å². The smallest absolute Gasteiger partial charge is 0.137 e. The van der Waals surface area contributed by atoms with Crippen LogP contribution < -0.4 is 9.80 Å². The number of nitrogens with zero attached hydrogens (tertiary/aromatic N) is 3. The van der Waals surface area contributed by atoms with Gasteiger partial charge < -0.3 is 4.90 Å². The van der Waals surface area contributed by atoms with Crippen LogP contribution in [-0.2, 0) is 0 Å². The quantitative estimate of drug-likeness (QED) is 0.240. The highest BCUT2D eigenvalue weighted by atomic mass is 32.2. The van der Waals surface area contributed by atoms with E-state index in [0.29, 0.717) is 0 Å². The highest BCUT2D eigenvalue weighted by Gasteiger charge is 2.32. The highest BCUT2D eigenvalue weighted by Crippen LogP contribution is 2.57. The predicted octanol–water partition coefficient (Wildman–Crippen LogP) is 9.62. The second-order valence-electron chi connectivity index (χ2n) is 9.28. The molecule has 0 aliphatic carbocycles. The maximum Gasteiger partial charge on any atom is 0.137 e. The van der Waals surface area contributed by atoms with Crippen LogP contribution >= 0.6 is 11.8 Å². The van der Waals surface area contributed by atoms with Crippen LogP contribution in [-0.4, -0.2) is 4.98 Å². The molecule has 3 nitrogen and oxygen atoms in total. The molecule has 2 aliphatic heterocycles. The monoisotopic (exact) mass is 491 g/mol. The third-order valence-corrected chi connectivity index (χ3v) is 8.30. The van der Waals surface area contributed by atoms with Gasteiger partial charge in [0.2, 0.25) is 0 Å². The van der Waals surface area contributed by atoms with Crippen molar-refractivity contribution in [2.24, 2.45) is 0 Å². The van der Waals surface area contributed by atoms with Crippen molar-refractivity contribution in [1.82, 2.24) is 4.98 Å². The third kappa shape index (κ3) is 3.06. The fourth-order valence-corrected chi connectivity index (χ4v) is 6.72. The first-order valence-corrected chi connectivity index (χ1v) is 13.2. The van der Waals surface area contributed by atoms with E-state index in [1.165, 1.54) is 43.1 Å². The molecule has 2 aliphatic rings. The Morgan fingerprint density at radius 1 is 0.514 bits per heavy atom. The normalized spacial score (nSPS) is 13.2. The Hall–Kier alpha value is -4.54. The first kappa shape index (κ1) is 20.6. The summed E-state index contributed by atoms with van der Waals surface area (Å²) in [6, 6.07) is 43.3. The molecule has 0 saturated carbocycles. The van der Waals surface area contributed by atoms with Crippen LogP contribution in [0, 0.1) is 0 Å². The maximum atomic E-state index is 4.79. The number of anilines is 6. The zero-order valence-electron chi connectivity index (χ0n) is 19.9. The molecule has 0 saturated heterocycles. The number of rotatable bonds is 2. The Labute approximate surface area is 219 Å². The van der Waals surface area contributed by atoms with Gasteiger partial charge in [-0.2, -0.15) is 0 Å². The zero-order valence-corrected chi connectivity index (χ0v) is 20.7. The second-order valence-corrected chi connectivity index (χ2v) is 10.4. The minimum Gasteiger partial charge on any atom is -0.308 e. The fraction of sp³-hybridized carbons (Fsp3) is 0. The average molecular weight is 492 g/mol. The molecular weight excluding hydrogens is 470 g/mol. The van der Waals surface area contributed by atoms with Crippen molar-refractivity contribution in [1.29, 1.82) is 0 Å². The van der Waals surface area contributed by atoms with E-state index in [2.05, 4.69) is 125 Å². The van der Waals surface area contributed by atoms with Gasteiger partial charge in [-0.15, -0.1) is 0 Å². The largest absolute Gasteiger partial charge is 0.308 e. The van der Waals surface area contributed by atoms with E-state index < -0.39 is 0 Å². The molecule has 0 amide bonds. The van der Waals surface area contributed by atoms with E-state index >= 15 is 0 Å². The van der Waals surface area contributed by atoms with Crippen molar-refractivity contribution in [3.05, 3.63) is 128 Å². The van der Waals surface area contributed by atoms with Gasteiger partial charge in [0.25, 0.3) is 0 Å². The molecule has 5 aromatic carbocycles. The van der Waals surface area contributed by atoms with Crippen LogP contribution in [0.25, 0.3) is 21.9 Å². The summed E-state index contributed by atoms with van der Waals surface area (Å²) < 4.78 is 0. The van der Waals surface area contributed by atoms with Gasteiger partial charge >= 0.3 is 0 Å². The number of aromatic nitrogens is 1. The second kappa shape index (κ2) is 7.99. The molecule has 174 valence electrons. The van der Waals surface area contributed by atoms with E-state index in [4.69, 9.17) is 4.98 Å². The number of benzene rings is 5. The van der Waals surface area contributed by atoms with Gasteiger partial charge in [-0.3, -0.25) is 4.90 Å². The molecule has 0 radical (unpaired) electrons. The molecule has 0 spiro atoms. The lowest BCUT2D eigenvalue weighted by Gasteiger charge is -2.37. The molecule has 4 heteroatoms. The molecule has 6 aromatic rings. The SMILES string of the molecule is c1ccc(N2c3ccccc3Sc3cc4c(cc32)N(c2ccccn2)c2cccc3cccc-4c23)cc1. The van der Waals surface area contributed by atoms with Gasteiger partial charge in [0.05, 0.1) is 22.7 Å². The van der Waals surface area contributed by atoms with E-state index in [9.17, 15) is 0 Å². The number of hydrogen-bond donors (Lipinski definition) is 0. The Morgan fingerprint density at radius 3 is 2.16 bits per heavy atom.